The molecule has 0 aliphatic heterocycles. The summed E-state index contributed by atoms with van der Waals surface area (Å²) in [5.41, 5.74) is 1.25. The van der Waals surface area contributed by atoms with Gasteiger partial charge in [0.05, 0.1) is 22.6 Å². The number of halogens is 1. The van der Waals surface area contributed by atoms with Crippen LogP contribution in [0.3, 0.4) is 0 Å². The average molecular weight is 264 g/mol. The zero-order chi connectivity index (χ0) is 13.1. The molecule has 6 heteroatoms. The van der Waals surface area contributed by atoms with Crippen molar-refractivity contribution < 1.29 is 9.90 Å². The SMILES string of the molecule is Cc1nc(Nc2cccnc2)c(C(=O)O)cc1Cl. The lowest BCUT2D eigenvalue weighted by atomic mass is 10.2. The van der Waals surface area contributed by atoms with E-state index in [1.54, 1.807) is 31.5 Å². The van der Waals surface area contributed by atoms with E-state index in [1.807, 2.05) is 0 Å². The maximum atomic E-state index is 11.1. The minimum Gasteiger partial charge on any atom is -0.478 e. The molecule has 0 bridgehead atoms. The molecule has 0 unspecified atom stereocenters. The lowest BCUT2D eigenvalue weighted by Crippen LogP contribution is -2.06. The highest BCUT2D eigenvalue weighted by Crippen LogP contribution is 2.23. The zero-order valence-corrected chi connectivity index (χ0v) is 10.3. The number of carbonyl (C=O) groups is 1. The number of hydrogen-bond acceptors (Lipinski definition) is 4. The lowest BCUT2D eigenvalue weighted by molar-refractivity contribution is 0.0697. The number of carboxylic acids is 1. The van der Waals surface area contributed by atoms with Crippen molar-refractivity contribution in [2.75, 3.05) is 5.32 Å². The van der Waals surface area contributed by atoms with E-state index in [1.165, 1.54) is 6.07 Å². The Morgan fingerprint density at radius 2 is 2.28 bits per heavy atom. The lowest BCUT2D eigenvalue weighted by Gasteiger charge is -2.10. The molecule has 0 spiro atoms. The standard InChI is InChI=1S/C12H10ClN3O2/c1-7-10(13)5-9(12(17)18)11(15-7)16-8-3-2-4-14-6-8/h2-6H,1H3,(H,15,16)(H,17,18). The summed E-state index contributed by atoms with van der Waals surface area (Å²) in [7, 11) is 0. The first-order valence-corrected chi connectivity index (χ1v) is 5.53. The fourth-order valence-electron chi connectivity index (χ4n) is 1.41. The molecule has 2 aromatic rings. The maximum Gasteiger partial charge on any atom is 0.339 e. The molecule has 0 amide bonds. The van der Waals surface area contributed by atoms with Gasteiger partial charge in [0.2, 0.25) is 0 Å². The number of nitrogens with zero attached hydrogens (tertiary/aromatic N) is 2. The highest BCUT2D eigenvalue weighted by atomic mass is 35.5. The number of aromatic nitrogens is 2. The summed E-state index contributed by atoms with van der Waals surface area (Å²) in [5, 5.41) is 12.3. The van der Waals surface area contributed by atoms with Gasteiger partial charge in [0.15, 0.2) is 0 Å². The summed E-state index contributed by atoms with van der Waals surface area (Å²) in [5.74, 6) is -0.840. The molecule has 0 aliphatic rings. The smallest absolute Gasteiger partial charge is 0.339 e. The topological polar surface area (TPSA) is 75.1 Å². The minimum absolute atomic E-state index is 0.0226. The number of aromatic carboxylic acids is 1. The summed E-state index contributed by atoms with van der Waals surface area (Å²) >= 11 is 5.87. The van der Waals surface area contributed by atoms with Crippen LogP contribution in [0, 0.1) is 6.92 Å². The molecule has 0 saturated carbocycles. The highest BCUT2D eigenvalue weighted by molar-refractivity contribution is 6.31. The van der Waals surface area contributed by atoms with Gasteiger partial charge in [0, 0.05) is 6.20 Å². The Morgan fingerprint density at radius 3 is 2.89 bits per heavy atom. The zero-order valence-electron chi connectivity index (χ0n) is 9.51. The van der Waals surface area contributed by atoms with E-state index in [4.69, 9.17) is 16.7 Å². The van der Waals surface area contributed by atoms with Crippen LogP contribution in [0.2, 0.25) is 5.02 Å². The number of rotatable bonds is 3. The van der Waals surface area contributed by atoms with E-state index in [0.717, 1.165) is 0 Å². The fraction of sp³-hybridized carbons (Fsp3) is 0.0833. The van der Waals surface area contributed by atoms with Crippen molar-refractivity contribution in [2.24, 2.45) is 0 Å². The second-order valence-corrected chi connectivity index (χ2v) is 4.03. The van der Waals surface area contributed by atoms with Crippen molar-refractivity contribution in [3.8, 4) is 0 Å². The molecular weight excluding hydrogens is 254 g/mol. The normalized spacial score (nSPS) is 10.1. The van der Waals surface area contributed by atoms with Crippen molar-refractivity contribution in [2.45, 2.75) is 6.92 Å². The molecule has 0 fully saturated rings. The molecule has 0 atom stereocenters. The van der Waals surface area contributed by atoms with Crippen LogP contribution in [-0.2, 0) is 0 Å². The highest BCUT2D eigenvalue weighted by Gasteiger charge is 2.14. The third kappa shape index (κ3) is 2.57. The predicted molar refractivity (Wildman–Crippen MR) is 68.5 cm³/mol. The van der Waals surface area contributed by atoms with Crippen molar-refractivity contribution in [3.05, 3.63) is 46.9 Å². The molecule has 0 aliphatic carbocycles. The van der Waals surface area contributed by atoms with Crippen molar-refractivity contribution >= 4 is 29.1 Å². The van der Waals surface area contributed by atoms with E-state index in [-0.39, 0.29) is 11.4 Å². The molecule has 0 aromatic carbocycles. The Kier molecular flexibility index (Phi) is 3.43. The second-order valence-electron chi connectivity index (χ2n) is 3.62. The number of pyridine rings is 2. The summed E-state index contributed by atoms with van der Waals surface area (Å²) < 4.78 is 0. The number of nitrogens with one attached hydrogen (secondary N) is 1. The predicted octanol–water partition coefficient (Wildman–Crippen LogP) is 2.88. The molecular formula is C12H10ClN3O2. The van der Waals surface area contributed by atoms with Gasteiger partial charge in [-0.05, 0) is 25.1 Å². The van der Waals surface area contributed by atoms with Crippen molar-refractivity contribution in [1.82, 2.24) is 9.97 Å². The van der Waals surface area contributed by atoms with Gasteiger partial charge < -0.3 is 10.4 Å². The Labute approximate surface area is 108 Å². The van der Waals surface area contributed by atoms with Crippen LogP contribution >= 0.6 is 11.6 Å². The Hall–Kier alpha value is -2.14. The van der Waals surface area contributed by atoms with Gasteiger partial charge in [-0.25, -0.2) is 9.78 Å². The summed E-state index contributed by atoms with van der Waals surface area (Å²) in [4.78, 5) is 19.2. The molecule has 18 heavy (non-hydrogen) atoms. The van der Waals surface area contributed by atoms with E-state index in [2.05, 4.69) is 15.3 Å². The Balaban J connectivity index is 2.43. The monoisotopic (exact) mass is 263 g/mol. The van der Waals surface area contributed by atoms with E-state index < -0.39 is 5.97 Å². The summed E-state index contributed by atoms with van der Waals surface area (Å²) in [6, 6.07) is 4.89. The van der Waals surface area contributed by atoms with Crippen LogP contribution in [0.5, 0.6) is 0 Å². The summed E-state index contributed by atoms with van der Waals surface area (Å²) in [6.45, 7) is 1.71. The summed E-state index contributed by atoms with van der Waals surface area (Å²) in [6.07, 6.45) is 3.21. The fourth-order valence-corrected chi connectivity index (χ4v) is 1.56. The molecule has 0 radical (unpaired) electrons. The van der Waals surface area contributed by atoms with Gasteiger partial charge in [-0.2, -0.15) is 0 Å². The van der Waals surface area contributed by atoms with E-state index in [0.29, 0.717) is 16.4 Å². The second kappa shape index (κ2) is 5.01. The molecule has 2 rings (SSSR count). The number of anilines is 2. The van der Waals surface area contributed by atoms with Gasteiger partial charge in [-0.3, -0.25) is 4.98 Å². The van der Waals surface area contributed by atoms with Gasteiger partial charge in [-0.15, -0.1) is 0 Å². The first-order valence-electron chi connectivity index (χ1n) is 5.15. The number of hydrogen-bond donors (Lipinski definition) is 2. The molecule has 5 nitrogen and oxygen atoms in total. The van der Waals surface area contributed by atoms with Crippen LogP contribution in [0.4, 0.5) is 11.5 Å². The molecule has 2 N–H and O–H groups in total. The van der Waals surface area contributed by atoms with E-state index in [9.17, 15) is 4.79 Å². The number of carboxylic acid groups (broad SMARTS) is 1. The number of aryl methyl sites for hydroxylation is 1. The molecule has 92 valence electrons. The average Bonchev–Trinajstić information content (AvgIpc) is 2.34. The van der Waals surface area contributed by atoms with Crippen LogP contribution in [0.15, 0.2) is 30.6 Å². The quantitative estimate of drug-likeness (QED) is 0.891. The van der Waals surface area contributed by atoms with Gasteiger partial charge >= 0.3 is 5.97 Å². The van der Waals surface area contributed by atoms with Crippen LogP contribution in [0.1, 0.15) is 16.1 Å². The van der Waals surface area contributed by atoms with E-state index >= 15 is 0 Å². The molecule has 2 aromatic heterocycles. The van der Waals surface area contributed by atoms with Crippen molar-refractivity contribution in [3.63, 3.8) is 0 Å². The van der Waals surface area contributed by atoms with Crippen LogP contribution < -0.4 is 5.32 Å². The first-order chi connectivity index (χ1) is 8.58. The van der Waals surface area contributed by atoms with Crippen molar-refractivity contribution in [1.29, 1.82) is 0 Å². The largest absolute Gasteiger partial charge is 0.478 e. The Bertz CT molecular complexity index is 587. The Morgan fingerprint density at radius 1 is 1.50 bits per heavy atom. The first kappa shape index (κ1) is 12.3. The minimum atomic E-state index is -1.09. The van der Waals surface area contributed by atoms with Gasteiger partial charge in [-0.1, -0.05) is 11.6 Å². The van der Waals surface area contributed by atoms with Crippen LogP contribution in [-0.4, -0.2) is 21.0 Å². The molecule has 2 heterocycles. The third-order valence-corrected chi connectivity index (χ3v) is 2.69. The van der Waals surface area contributed by atoms with Gasteiger partial charge in [0.1, 0.15) is 11.4 Å². The maximum absolute atomic E-state index is 11.1. The van der Waals surface area contributed by atoms with Crippen LogP contribution in [0.25, 0.3) is 0 Å². The van der Waals surface area contributed by atoms with Gasteiger partial charge in [0.25, 0.3) is 0 Å². The third-order valence-electron chi connectivity index (χ3n) is 2.31. The molecule has 0 saturated heterocycles.